The first kappa shape index (κ1) is 16.8. The minimum absolute atomic E-state index is 0.0179. The summed E-state index contributed by atoms with van der Waals surface area (Å²) in [5, 5.41) is 8.45. The number of benzene rings is 1. The van der Waals surface area contributed by atoms with Crippen LogP contribution in [0.5, 0.6) is 0 Å². The van der Waals surface area contributed by atoms with Crippen molar-refractivity contribution in [2.75, 3.05) is 0 Å². The van der Waals surface area contributed by atoms with E-state index < -0.39 is 11.9 Å². The summed E-state index contributed by atoms with van der Waals surface area (Å²) in [6.45, 7) is 0. The predicted octanol–water partition coefficient (Wildman–Crippen LogP) is 5.10. The van der Waals surface area contributed by atoms with Gasteiger partial charge in [0.1, 0.15) is 11.4 Å². The van der Waals surface area contributed by atoms with Crippen molar-refractivity contribution in [3.8, 4) is 11.6 Å². The Labute approximate surface area is 144 Å². The molecule has 0 aliphatic heterocycles. The molecule has 4 nitrogen and oxygen atoms in total. The van der Waals surface area contributed by atoms with Crippen LogP contribution in [0.2, 0.25) is 5.02 Å². The van der Waals surface area contributed by atoms with Gasteiger partial charge in [0, 0.05) is 10.8 Å². The van der Waals surface area contributed by atoms with Crippen molar-refractivity contribution in [2.45, 2.75) is 17.2 Å². The van der Waals surface area contributed by atoms with Gasteiger partial charge in [0.2, 0.25) is 0 Å². The molecule has 124 valence electrons. The highest BCUT2D eigenvalue weighted by atomic mass is 35.5. The zero-order chi connectivity index (χ0) is 17.2. The van der Waals surface area contributed by atoms with E-state index in [1.54, 1.807) is 12.1 Å². The van der Waals surface area contributed by atoms with Crippen LogP contribution in [0.1, 0.15) is 11.3 Å². The smallest absolute Gasteiger partial charge is 0.410 e. The first-order valence-electron chi connectivity index (χ1n) is 6.67. The highest BCUT2D eigenvalue weighted by Crippen LogP contribution is 2.30. The van der Waals surface area contributed by atoms with Crippen LogP contribution in [0.3, 0.4) is 0 Å². The normalized spacial score (nSPS) is 11.7. The third-order valence-corrected chi connectivity index (χ3v) is 4.08. The third kappa shape index (κ3) is 4.07. The molecule has 0 saturated carbocycles. The Kier molecular flexibility index (Phi) is 4.77. The summed E-state index contributed by atoms with van der Waals surface area (Å²) in [5.41, 5.74) is -0.0226. The topological polar surface area (TPSA) is 51.8 Å². The van der Waals surface area contributed by atoms with Crippen LogP contribution in [0, 0.1) is 0 Å². The minimum Gasteiger partial charge on any atom is -0.410 e. The first-order valence-corrected chi connectivity index (χ1v) is 8.03. The monoisotopic (exact) mass is 371 g/mol. The maximum Gasteiger partial charge on any atom is 0.433 e. The van der Waals surface area contributed by atoms with Gasteiger partial charge >= 0.3 is 6.18 Å². The van der Waals surface area contributed by atoms with E-state index in [0.29, 0.717) is 10.8 Å². The van der Waals surface area contributed by atoms with Gasteiger partial charge in [-0.15, -0.1) is 10.2 Å². The molecule has 24 heavy (non-hydrogen) atoms. The van der Waals surface area contributed by atoms with Crippen LogP contribution in [0.25, 0.3) is 11.6 Å². The van der Waals surface area contributed by atoms with Crippen molar-refractivity contribution in [1.29, 1.82) is 0 Å². The second kappa shape index (κ2) is 6.82. The van der Waals surface area contributed by atoms with Gasteiger partial charge in [0.25, 0.3) is 11.1 Å². The highest BCUT2D eigenvalue weighted by molar-refractivity contribution is 7.98. The lowest BCUT2D eigenvalue weighted by molar-refractivity contribution is -0.141. The van der Waals surface area contributed by atoms with Gasteiger partial charge in [-0.25, -0.2) is 4.98 Å². The van der Waals surface area contributed by atoms with Crippen LogP contribution in [-0.2, 0) is 11.9 Å². The molecular formula is C15H9ClF3N3OS. The summed E-state index contributed by atoms with van der Waals surface area (Å²) >= 11 is 7.08. The molecule has 0 atom stereocenters. The molecule has 3 rings (SSSR count). The number of hydrogen-bond donors (Lipinski definition) is 0. The number of nitrogens with zero attached hydrogens (tertiary/aromatic N) is 3. The molecule has 2 aromatic heterocycles. The summed E-state index contributed by atoms with van der Waals surface area (Å²) in [5.74, 6) is 0.508. The van der Waals surface area contributed by atoms with Gasteiger partial charge in [-0.3, -0.25) is 0 Å². The molecule has 0 aliphatic rings. The van der Waals surface area contributed by atoms with E-state index in [-0.39, 0.29) is 16.8 Å². The standard InChI is InChI=1S/C15H9ClF3N3OS/c16-10-6-4-9(5-7-10)8-24-14-22-21-13(23-14)11-2-1-3-12(20-11)15(17,18)19/h1-7H,8H2. The summed E-state index contributed by atoms with van der Waals surface area (Å²) in [6.07, 6.45) is -4.53. The highest BCUT2D eigenvalue weighted by Gasteiger charge is 2.32. The lowest BCUT2D eigenvalue weighted by atomic mass is 10.2. The zero-order valence-corrected chi connectivity index (χ0v) is 13.5. The summed E-state index contributed by atoms with van der Waals surface area (Å²) in [7, 11) is 0. The van der Waals surface area contributed by atoms with Crippen LogP contribution >= 0.6 is 23.4 Å². The number of alkyl halides is 3. The van der Waals surface area contributed by atoms with E-state index >= 15 is 0 Å². The van der Waals surface area contributed by atoms with Crippen LogP contribution in [0.4, 0.5) is 13.2 Å². The van der Waals surface area contributed by atoms with Gasteiger partial charge in [-0.1, -0.05) is 41.6 Å². The van der Waals surface area contributed by atoms with Gasteiger partial charge in [0.15, 0.2) is 0 Å². The van der Waals surface area contributed by atoms with E-state index in [0.717, 1.165) is 11.6 Å². The third-order valence-electron chi connectivity index (χ3n) is 2.94. The van der Waals surface area contributed by atoms with Gasteiger partial charge in [-0.2, -0.15) is 13.2 Å². The molecule has 0 saturated heterocycles. The van der Waals surface area contributed by atoms with Crippen molar-refractivity contribution < 1.29 is 17.6 Å². The molecule has 9 heteroatoms. The zero-order valence-electron chi connectivity index (χ0n) is 11.9. The number of pyridine rings is 1. The van der Waals surface area contributed by atoms with E-state index in [1.165, 1.54) is 23.9 Å². The summed E-state index contributed by atoms with van der Waals surface area (Å²) in [6, 6.07) is 10.8. The molecule has 0 bridgehead atoms. The summed E-state index contributed by atoms with van der Waals surface area (Å²) in [4.78, 5) is 3.51. The Morgan fingerprint density at radius 1 is 1.04 bits per heavy atom. The molecule has 0 spiro atoms. The molecule has 0 fully saturated rings. The molecule has 0 N–H and O–H groups in total. The second-order valence-electron chi connectivity index (χ2n) is 4.69. The Balaban J connectivity index is 1.72. The molecule has 2 heterocycles. The van der Waals surface area contributed by atoms with Gasteiger partial charge in [-0.05, 0) is 29.8 Å². The Morgan fingerprint density at radius 2 is 1.79 bits per heavy atom. The fourth-order valence-corrected chi connectivity index (χ4v) is 2.65. The lowest BCUT2D eigenvalue weighted by Gasteiger charge is -2.05. The quantitative estimate of drug-likeness (QED) is 0.597. The van der Waals surface area contributed by atoms with Crippen molar-refractivity contribution >= 4 is 23.4 Å². The number of aromatic nitrogens is 3. The Bertz CT molecular complexity index is 836. The average Bonchev–Trinajstić information content (AvgIpc) is 3.03. The van der Waals surface area contributed by atoms with Crippen LogP contribution in [0.15, 0.2) is 52.1 Å². The largest absolute Gasteiger partial charge is 0.433 e. The average molecular weight is 372 g/mol. The van der Waals surface area contributed by atoms with Gasteiger partial charge < -0.3 is 4.42 Å². The fourth-order valence-electron chi connectivity index (χ4n) is 1.81. The molecule has 3 aromatic rings. The molecule has 0 aliphatic carbocycles. The van der Waals surface area contributed by atoms with Crippen LogP contribution < -0.4 is 0 Å². The SMILES string of the molecule is FC(F)(F)c1cccc(-c2nnc(SCc3ccc(Cl)cc3)o2)n1. The molecule has 0 unspecified atom stereocenters. The van der Waals surface area contributed by atoms with Crippen molar-refractivity contribution in [3.05, 3.63) is 58.7 Å². The van der Waals surface area contributed by atoms with E-state index in [1.807, 2.05) is 12.1 Å². The molecule has 0 radical (unpaired) electrons. The predicted molar refractivity (Wildman–Crippen MR) is 83.5 cm³/mol. The lowest BCUT2D eigenvalue weighted by Crippen LogP contribution is -2.08. The maximum atomic E-state index is 12.7. The maximum absolute atomic E-state index is 12.7. The molecular weight excluding hydrogens is 363 g/mol. The summed E-state index contributed by atoms with van der Waals surface area (Å²) < 4.78 is 43.4. The van der Waals surface area contributed by atoms with Crippen molar-refractivity contribution in [2.24, 2.45) is 0 Å². The Hall–Kier alpha value is -2.06. The number of thioether (sulfide) groups is 1. The number of halogens is 4. The van der Waals surface area contributed by atoms with Crippen molar-refractivity contribution in [1.82, 2.24) is 15.2 Å². The first-order chi connectivity index (χ1) is 11.4. The molecule has 0 amide bonds. The van der Waals surface area contributed by atoms with E-state index in [9.17, 15) is 13.2 Å². The minimum atomic E-state index is -4.53. The van der Waals surface area contributed by atoms with E-state index in [4.69, 9.17) is 16.0 Å². The second-order valence-corrected chi connectivity index (χ2v) is 6.06. The van der Waals surface area contributed by atoms with Crippen LogP contribution in [-0.4, -0.2) is 15.2 Å². The number of hydrogen-bond acceptors (Lipinski definition) is 5. The number of rotatable bonds is 4. The van der Waals surface area contributed by atoms with Gasteiger partial charge in [0.05, 0.1) is 0 Å². The Morgan fingerprint density at radius 3 is 2.50 bits per heavy atom. The molecule has 1 aromatic carbocycles. The van der Waals surface area contributed by atoms with E-state index in [2.05, 4.69) is 15.2 Å². The fraction of sp³-hybridized carbons (Fsp3) is 0.133. The van der Waals surface area contributed by atoms with Crippen molar-refractivity contribution in [3.63, 3.8) is 0 Å².